The topological polar surface area (TPSA) is 61.4 Å². The van der Waals surface area contributed by atoms with Crippen molar-refractivity contribution in [2.24, 2.45) is 11.8 Å². The van der Waals surface area contributed by atoms with E-state index in [2.05, 4.69) is 24.5 Å². The average Bonchev–Trinajstić information content (AvgIpc) is 2.56. The molecule has 0 saturated heterocycles. The Morgan fingerprint density at radius 2 is 1.84 bits per heavy atom. The Bertz CT molecular complexity index is 598. The van der Waals surface area contributed by atoms with Crippen LogP contribution in [0.15, 0.2) is 24.3 Å². The van der Waals surface area contributed by atoms with E-state index in [1.807, 2.05) is 0 Å². The molecule has 0 aromatic heterocycles. The highest BCUT2D eigenvalue weighted by Crippen LogP contribution is 2.28. The third-order valence-corrected chi connectivity index (χ3v) is 5.32. The molecule has 5 nitrogen and oxygen atoms in total. The summed E-state index contributed by atoms with van der Waals surface area (Å²) in [7, 11) is 1.64. The first kappa shape index (κ1) is 19.7. The minimum Gasteiger partial charge on any atom is -0.335 e. The normalized spacial score (nSPS) is 21.0. The minimum absolute atomic E-state index is 0.00150. The van der Waals surface area contributed by atoms with Crippen LogP contribution < -0.4 is 10.6 Å². The van der Waals surface area contributed by atoms with E-state index >= 15 is 0 Å². The van der Waals surface area contributed by atoms with Gasteiger partial charge < -0.3 is 15.5 Å². The van der Waals surface area contributed by atoms with Gasteiger partial charge in [0.05, 0.1) is 23.8 Å². The molecule has 2 atom stereocenters. The molecular formula is C19H28ClN3O2. The lowest BCUT2D eigenvalue weighted by atomic mass is 9.79. The van der Waals surface area contributed by atoms with E-state index in [1.165, 1.54) is 24.2 Å². The Hall–Kier alpha value is -1.59. The van der Waals surface area contributed by atoms with Crippen molar-refractivity contribution >= 4 is 29.1 Å². The number of amides is 2. The van der Waals surface area contributed by atoms with Crippen molar-refractivity contribution in [1.82, 2.24) is 10.2 Å². The van der Waals surface area contributed by atoms with E-state index in [4.69, 9.17) is 11.6 Å². The fourth-order valence-electron chi connectivity index (χ4n) is 3.48. The van der Waals surface area contributed by atoms with Crippen molar-refractivity contribution in [1.29, 1.82) is 0 Å². The van der Waals surface area contributed by atoms with Gasteiger partial charge in [-0.25, -0.2) is 0 Å². The zero-order valence-corrected chi connectivity index (χ0v) is 16.0. The molecule has 2 amide bonds. The molecule has 0 unspecified atom stereocenters. The van der Waals surface area contributed by atoms with Crippen LogP contribution in [-0.4, -0.2) is 42.9 Å². The van der Waals surface area contributed by atoms with E-state index < -0.39 is 0 Å². The second-order valence-electron chi connectivity index (χ2n) is 7.07. The summed E-state index contributed by atoms with van der Waals surface area (Å²) in [6.45, 7) is 4.73. The molecule has 1 aliphatic carbocycles. The number of halogens is 1. The largest absolute Gasteiger partial charge is 0.335 e. The Balaban J connectivity index is 1.79. The number of anilines is 1. The van der Waals surface area contributed by atoms with Crippen LogP contribution in [0.1, 0.15) is 33.1 Å². The summed E-state index contributed by atoms with van der Waals surface area (Å²) in [4.78, 5) is 25.9. The molecule has 25 heavy (non-hydrogen) atoms. The maximum atomic E-state index is 12.3. The van der Waals surface area contributed by atoms with Gasteiger partial charge in [0.2, 0.25) is 11.8 Å². The van der Waals surface area contributed by atoms with Crippen molar-refractivity contribution < 1.29 is 9.59 Å². The third-order valence-electron chi connectivity index (χ3n) is 4.99. The molecule has 0 radical (unpaired) electrons. The van der Waals surface area contributed by atoms with E-state index in [1.54, 1.807) is 31.3 Å². The number of nitrogens with zero attached hydrogens (tertiary/aromatic N) is 1. The third kappa shape index (κ3) is 5.72. The van der Waals surface area contributed by atoms with Gasteiger partial charge in [0.15, 0.2) is 0 Å². The molecule has 1 aromatic carbocycles. The lowest BCUT2D eigenvalue weighted by molar-refractivity contribution is -0.132. The first-order chi connectivity index (χ1) is 11.9. The van der Waals surface area contributed by atoms with Gasteiger partial charge in [-0.1, -0.05) is 44.0 Å². The molecule has 2 N–H and O–H groups in total. The number of para-hydroxylation sites is 1. The zero-order chi connectivity index (χ0) is 18.4. The quantitative estimate of drug-likeness (QED) is 0.814. The summed E-state index contributed by atoms with van der Waals surface area (Å²) in [5.41, 5.74) is 0.554. The molecule has 0 heterocycles. The average molecular weight is 366 g/mol. The highest BCUT2D eigenvalue weighted by atomic mass is 35.5. The summed E-state index contributed by atoms with van der Waals surface area (Å²) in [5, 5.41) is 6.60. The fraction of sp³-hybridized carbons (Fsp3) is 0.579. The zero-order valence-electron chi connectivity index (χ0n) is 15.2. The molecule has 1 aliphatic rings. The lowest BCUT2D eigenvalue weighted by Gasteiger charge is -2.35. The van der Waals surface area contributed by atoms with Crippen LogP contribution in [-0.2, 0) is 9.59 Å². The second kappa shape index (κ2) is 9.20. The highest BCUT2D eigenvalue weighted by molar-refractivity contribution is 6.33. The monoisotopic (exact) mass is 365 g/mol. The van der Waals surface area contributed by atoms with E-state index in [9.17, 15) is 9.59 Å². The first-order valence-corrected chi connectivity index (χ1v) is 9.28. The summed E-state index contributed by atoms with van der Waals surface area (Å²) in [6.07, 6.45) is 3.66. The molecule has 138 valence electrons. The molecule has 1 saturated carbocycles. The molecule has 0 bridgehead atoms. The number of benzene rings is 1. The predicted molar refractivity (Wildman–Crippen MR) is 102 cm³/mol. The van der Waals surface area contributed by atoms with Gasteiger partial charge >= 0.3 is 0 Å². The molecule has 1 aromatic rings. The van der Waals surface area contributed by atoms with Gasteiger partial charge in [-0.3, -0.25) is 9.59 Å². The summed E-state index contributed by atoms with van der Waals surface area (Å²) >= 11 is 6.03. The van der Waals surface area contributed by atoms with Crippen LogP contribution in [0.5, 0.6) is 0 Å². The molecule has 6 heteroatoms. The fourth-order valence-corrected chi connectivity index (χ4v) is 3.66. The van der Waals surface area contributed by atoms with Crippen LogP contribution in [0.25, 0.3) is 0 Å². The van der Waals surface area contributed by atoms with Crippen molar-refractivity contribution in [3.8, 4) is 0 Å². The van der Waals surface area contributed by atoms with Crippen LogP contribution in [0.2, 0.25) is 5.02 Å². The van der Waals surface area contributed by atoms with Crippen molar-refractivity contribution in [2.75, 3.05) is 25.5 Å². The highest BCUT2D eigenvalue weighted by Gasteiger charge is 2.28. The first-order valence-electron chi connectivity index (χ1n) is 8.90. The number of hydrogen-bond donors (Lipinski definition) is 2. The SMILES string of the molecule is C[C@@H]1CCC[C@@H](C)C1NCC(=O)N(C)CC(=O)Nc1ccccc1Cl. The van der Waals surface area contributed by atoms with Gasteiger partial charge in [0.1, 0.15) is 0 Å². The van der Waals surface area contributed by atoms with Gasteiger partial charge in [0, 0.05) is 13.1 Å². The van der Waals surface area contributed by atoms with Crippen LogP contribution in [0.4, 0.5) is 5.69 Å². The Morgan fingerprint density at radius 1 is 1.20 bits per heavy atom. The molecule has 1 fully saturated rings. The van der Waals surface area contributed by atoms with Crippen LogP contribution in [0.3, 0.4) is 0 Å². The summed E-state index contributed by atoms with van der Waals surface area (Å²) in [6, 6.07) is 7.40. The molecule has 2 rings (SSSR count). The molecular weight excluding hydrogens is 338 g/mol. The number of carbonyl (C=O) groups is 2. The molecule has 0 aliphatic heterocycles. The predicted octanol–water partition coefficient (Wildman–Crippen LogP) is 3.15. The van der Waals surface area contributed by atoms with Crippen LogP contribution >= 0.6 is 11.6 Å². The Kier molecular flexibility index (Phi) is 7.26. The summed E-state index contributed by atoms with van der Waals surface area (Å²) in [5.74, 6) is 0.804. The summed E-state index contributed by atoms with van der Waals surface area (Å²) < 4.78 is 0. The van der Waals surface area contributed by atoms with Crippen molar-refractivity contribution in [2.45, 2.75) is 39.2 Å². The van der Waals surface area contributed by atoms with E-state index in [-0.39, 0.29) is 24.9 Å². The number of nitrogens with one attached hydrogen (secondary N) is 2. The number of hydrogen-bond acceptors (Lipinski definition) is 3. The van der Waals surface area contributed by atoms with Gasteiger partial charge in [0.25, 0.3) is 0 Å². The van der Waals surface area contributed by atoms with Gasteiger partial charge in [-0.05, 0) is 36.8 Å². The smallest absolute Gasteiger partial charge is 0.244 e. The standard InChI is InChI=1S/C19H28ClN3O2/c1-13-7-6-8-14(2)19(13)21-11-18(25)23(3)12-17(24)22-16-10-5-4-9-15(16)20/h4-5,9-10,13-14,19,21H,6-8,11-12H2,1-3H3,(H,22,24)/t13-,14-/m1/s1. The van der Waals surface area contributed by atoms with Crippen LogP contribution in [0, 0.1) is 11.8 Å². The van der Waals surface area contributed by atoms with Crippen molar-refractivity contribution in [3.63, 3.8) is 0 Å². The number of carbonyl (C=O) groups excluding carboxylic acids is 2. The lowest BCUT2D eigenvalue weighted by Crippen LogP contribution is -2.48. The van der Waals surface area contributed by atoms with E-state index in [0.29, 0.717) is 28.6 Å². The second-order valence-corrected chi connectivity index (χ2v) is 7.48. The Labute approximate surface area is 155 Å². The minimum atomic E-state index is -0.261. The van der Waals surface area contributed by atoms with Gasteiger partial charge in [-0.2, -0.15) is 0 Å². The Morgan fingerprint density at radius 3 is 2.48 bits per heavy atom. The maximum absolute atomic E-state index is 12.3. The number of rotatable bonds is 6. The van der Waals surface area contributed by atoms with Crippen molar-refractivity contribution in [3.05, 3.63) is 29.3 Å². The van der Waals surface area contributed by atoms with Gasteiger partial charge in [-0.15, -0.1) is 0 Å². The number of likely N-dealkylation sites (N-methyl/N-ethyl adjacent to an activating group) is 1. The maximum Gasteiger partial charge on any atom is 0.244 e. The molecule has 0 spiro atoms. The van der Waals surface area contributed by atoms with E-state index in [0.717, 1.165) is 0 Å².